The molecule has 28 heavy (non-hydrogen) atoms. The van der Waals surface area contributed by atoms with Crippen LogP contribution in [0.1, 0.15) is 41.4 Å². The van der Waals surface area contributed by atoms with E-state index in [9.17, 15) is 9.59 Å². The van der Waals surface area contributed by atoms with E-state index < -0.39 is 12.1 Å². The molecule has 0 aliphatic heterocycles. The number of amides is 1. The lowest BCUT2D eigenvalue weighted by Gasteiger charge is -2.15. The number of nitrogens with one attached hydrogen (secondary N) is 1. The van der Waals surface area contributed by atoms with Crippen LogP contribution in [0.2, 0.25) is 0 Å². The summed E-state index contributed by atoms with van der Waals surface area (Å²) in [6.07, 6.45) is 1.71. The van der Waals surface area contributed by atoms with Gasteiger partial charge in [0, 0.05) is 23.5 Å². The fourth-order valence-electron chi connectivity index (χ4n) is 2.80. The molecule has 6 nitrogen and oxygen atoms in total. The van der Waals surface area contributed by atoms with Gasteiger partial charge in [0.05, 0.1) is 0 Å². The van der Waals surface area contributed by atoms with Gasteiger partial charge in [-0.1, -0.05) is 23.9 Å². The van der Waals surface area contributed by atoms with Crippen molar-refractivity contribution in [1.82, 2.24) is 9.97 Å². The van der Waals surface area contributed by atoms with Crippen LogP contribution in [-0.2, 0) is 20.7 Å². The topological polar surface area (TPSA) is 81.2 Å². The van der Waals surface area contributed by atoms with Gasteiger partial charge in [-0.25, -0.2) is 9.97 Å². The third-order valence-electron chi connectivity index (χ3n) is 4.49. The summed E-state index contributed by atoms with van der Waals surface area (Å²) in [5.41, 5.74) is 5.41. The molecule has 0 spiro atoms. The Bertz CT molecular complexity index is 860. The molecular weight excluding hydrogens is 374 g/mol. The number of hydrogen-bond donors (Lipinski definition) is 1. The van der Waals surface area contributed by atoms with Gasteiger partial charge in [0.15, 0.2) is 11.3 Å². The summed E-state index contributed by atoms with van der Waals surface area (Å²) < 4.78 is 5.30. The summed E-state index contributed by atoms with van der Waals surface area (Å²) in [6.45, 7) is 9.27. The van der Waals surface area contributed by atoms with Crippen molar-refractivity contribution in [3.05, 3.63) is 46.3 Å². The van der Waals surface area contributed by atoms with E-state index in [1.54, 1.807) is 6.92 Å². The van der Waals surface area contributed by atoms with Crippen LogP contribution in [0.5, 0.6) is 0 Å². The van der Waals surface area contributed by atoms with Crippen molar-refractivity contribution < 1.29 is 14.3 Å². The van der Waals surface area contributed by atoms with E-state index in [1.807, 2.05) is 52.1 Å². The monoisotopic (exact) mass is 401 g/mol. The Morgan fingerprint density at radius 3 is 2.39 bits per heavy atom. The van der Waals surface area contributed by atoms with Crippen LogP contribution in [0.3, 0.4) is 0 Å². The van der Waals surface area contributed by atoms with Crippen molar-refractivity contribution in [2.45, 2.75) is 58.7 Å². The van der Waals surface area contributed by atoms with Crippen molar-refractivity contribution in [1.29, 1.82) is 0 Å². The van der Waals surface area contributed by atoms with Crippen LogP contribution in [0.15, 0.2) is 23.4 Å². The average molecular weight is 402 g/mol. The highest BCUT2D eigenvalue weighted by Crippen LogP contribution is 2.18. The van der Waals surface area contributed by atoms with E-state index in [1.165, 1.54) is 11.8 Å². The predicted molar refractivity (Wildman–Crippen MR) is 112 cm³/mol. The standard InChI is InChI=1S/C21H27N3O3S/c1-12-7-8-13(2)18(11-12)24-20(26)16(5)27-19(25)10-9-17-14(3)22-21(28-6)23-15(17)4/h7-8,11,16H,9-10H2,1-6H3,(H,24,26)/t16-/m1/s1. The number of aromatic nitrogens is 2. The first-order valence-electron chi connectivity index (χ1n) is 9.17. The summed E-state index contributed by atoms with van der Waals surface area (Å²) in [7, 11) is 0. The minimum absolute atomic E-state index is 0.171. The second-order valence-corrected chi connectivity index (χ2v) is 7.57. The highest BCUT2D eigenvalue weighted by atomic mass is 32.2. The van der Waals surface area contributed by atoms with Crippen LogP contribution >= 0.6 is 11.8 Å². The molecule has 0 bridgehead atoms. The summed E-state index contributed by atoms with van der Waals surface area (Å²) in [6, 6.07) is 5.82. The van der Waals surface area contributed by atoms with Crippen molar-refractivity contribution in [3.8, 4) is 0 Å². The lowest BCUT2D eigenvalue weighted by atomic mass is 10.1. The van der Waals surface area contributed by atoms with Crippen LogP contribution in [0.4, 0.5) is 5.69 Å². The average Bonchev–Trinajstić information content (AvgIpc) is 2.63. The second kappa shape index (κ2) is 9.68. The molecule has 0 aliphatic carbocycles. The highest BCUT2D eigenvalue weighted by Gasteiger charge is 2.19. The van der Waals surface area contributed by atoms with Gasteiger partial charge in [0.1, 0.15) is 0 Å². The molecule has 1 amide bonds. The zero-order valence-electron chi connectivity index (χ0n) is 17.3. The van der Waals surface area contributed by atoms with Gasteiger partial charge < -0.3 is 10.1 Å². The number of thioether (sulfide) groups is 1. The normalized spacial score (nSPS) is 11.8. The van der Waals surface area contributed by atoms with Crippen molar-refractivity contribution in [3.63, 3.8) is 0 Å². The lowest BCUT2D eigenvalue weighted by molar-refractivity contribution is -0.153. The molecule has 0 saturated heterocycles. The Kier molecular flexibility index (Phi) is 7.57. The fraction of sp³-hybridized carbons (Fsp3) is 0.429. The summed E-state index contributed by atoms with van der Waals surface area (Å²) >= 11 is 1.49. The molecule has 1 aromatic carbocycles. The smallest absolute Gasteiger partial charge is 0.306 e. The van der Waals surface area contributed by atoms with Gasteiger partial charge >= 0.3 is 5.97 Å². The zero-order valence-corrected chi connectivity index (χ0v) is 18.1. The molecule has 1 aromatic heterocycles. The van der Waals surface area contributed by atoms with Crippen LogP contribution in [0.25, 0.3) is 0 Å². The lowest BCUT2D eigenvalue weighted by Crippen LogP contribution is -2.30. The van der Waals surface area contributed by atoms with E-state index in [0.29, 0.717) is 6.42 Å². The van der Waals surface area contributed by atoms with Gasteiger partial charge in [-0.15, -0.1) is 0 Å². The molecule has 2 rings (SSSR count). The number of benzene rings is 1. The van der Waals surface area contributed by atoms with E-state index in [0.717, 1.165) is 38.9 Å². The third-order valence-corrected chi connectivity index (χ3v) is 5.04. The minimum atomic E-state index is -0.871. The molecule has 0 aliphatic rings. The molecule has 0 fully saturated rings. The first kappa shape index (κ1) is 21.9. The summed E-state index contributed by atoms with van der Waals surface area (Å²) in [5.74, 6) is -0.765. The fourth-order valence-corrected chi connectivity index (χ4v) is 3.26. The van der Waals surface area contributed by atoms with Gasteiger partial charge in [0.2, 0.25) is 0 Å². The van der Waals surface area contributed by atoms with E-state index >= 15 is 0 Å². The number of carbonyl (C=O) groups excluding carboxylic acids is 2. The van der Waals surface area contributed by atoms with Gasteiger partial charge in [-0.2, -0.15) is 0 Å². The Morgan fingerprint density at radius 1 is 1.14 bits per heavy atom. The largest absolute Gasteiger partial charge is 0.453 e. The molecule has 2 aromatic rings. The maximum Gasteiger partial charge on any atom is 0.306 e. The zero-order chi connectivity index (χ0) is 20.8. The van der Waals surface area contributed by atoms with Crippen molar-refractivity contribution in [2.75, 3.05) is 11.6 Å². The van der Waals surface area contributed by atoms with Gasteiger partial charge in [-0.3, -0.25) is 9.59 Å². The first-order chi connectivity index (χ1) is 13.2. The Morgan fingerprint density at radius 2 is 1.79 bits per heavy atom. The molecule has 1 heterocycles. The summed E-state index contributed by atoms with van der Waals surface area (Å²) in [4.78, 5) is 33.4. The minimum Gasteiger partial charge on any atom is -0.453 e. The summed E-state index contributed by atoms with van der Waals surface area (Å²) in [5, 5.41) is 3.54. The van der Waals surface area contributed by atoms with E-state index in [4.69, 9.17) is 4.74 Å². The molecule has 1 atom stereocenters. The van der Waals surface area contributed by atoms with Crippen LogP contribution < -0.4 is 5.32 Å². The van der Waals surface area contributed by atoms with E-state index in [2.05, 4.69) is 15.3 Å². The number of esters is 1. The molecule has 7 heteroatoms. The molecular formula is C21H27N3O3S. The number of rotatable bonds is 7. The quantitative estimate of drug-likeness (QED) is 0.430. The van der Waals surface area contributed by atoms with Crippen LogP contribution in [-0.4, -0.2) is 34.2 Å². The van der Waals surface area contributed by atoms with Gasteiger partial charge in [0.25, 0.3) is 5.91 Å². The highest BCUT2D eigenvalue weighted by molar-refractivity contribution is 7.98. The third kappa shape index (κ3) is 5.79. The SMILES string of the molecule is CSc1nc(C)c(CCC(=O)O[C@H](C)C(=O)Nc2cc(C)ccc2C)c(C)n1. The molecule has 0 unspecified atom stereocenters. The van der Waals surface area contributed by atoms with Crippen molar-refractivity contribution in [2.24, 2.45) is 0 Å². The number of ether oxygens (including phenoxy) is 1. The maximum absolute atomic E-state index is 12.4. The number of anilines is 1. The number of hydrogen-bond acceptors (Lipinski definition) is 6. The van der Waals surface area contributed by atoms with Crippen LogP contribution in [0, 0.1) is 27.7 Å². The first-order valence-corrected chi connectivity index (χ1v) is 10.4. The number of nitrogens with zero attached hydrogens (tertiary/aromatic N) is 2. The molecule has 1 N–H and O–H groups in total. The Labute approximate surface area is 170 Å². The predicted octanol–water partition coefficient (Wildman–Crippen LogP) is 3.94. The van der Waals surface area contributed by atoms with Crippen molar-refractivity contribution >= 4 is 29.3 Å². The van der Waals surface area contributed by atoms with Gasteiger partial charge in [-0.05, 0) is 70.1 Å². The Hall–Kier alpha value is -2.41. The molecule has 0 saturated carbocycles. The number of aryl methyl sites for hydroxylation is 4. The second-order valence-electron chi connectivity index (χ2n) is 6.80. The number of carbonyl (C=O) groups is 2. The molecule has 0 radical (unpaired) electrons. The Balaban J connectivity index is 1.92. The molecule has 150 valence electrons. The maximum atomic E-state index is 12.4. The van der Waals surface area contributed by atoms with E-state index in [-0.39, 0.29) is 12.3 Å².